The highest BCUT2D eigenvalue weighted by atomic mass is 32.2. The van der Waals surface area contributed by atoms with Crippen LogP contribution in [0.1, 0.15) is 0 Å². The predicted molar refractivity (Wildman–Crippen MR) is 67.1 cm³/mol. The Balaban J connectivity index is 2.34. The van der Waals surface area contributed by atoms with Crippen molar-refractivity contribution >= 4 is 16.8 Å². The Morgan fingerprint density at radius 2 is 2.12 bits per heavy atom. The van der Waals surface area contributed by atoms with Crippen LogP contribution in [0.15, 0.2) is 23.1 Å². The first-order valence-electron chi connectivity index (χ1n) is 5.47. The first-order valence-corrected chi connectivity index (χ1v) is 6.57. The Morgan fingerprint density at radius 1 is 1.41 bits per heavy atom. The van der Waals surface area contributed by atoms with Gasteiger partial charge in [0.1, 0.15) is 5.75 Å². The van der Waals surface area contributed by atoms with Gasteiger partial charge in [-0.3, -0.25) is 0 Å². The minimum absolute atomic E-state index is 0.402. The molecule has 1 aromatic rings. The lowest BCUT2D eigenvalue weighted by molar-refractivity contribution is 0.412. The number of nitrogens with one attached hydrogen (secondary N) is 1. The van der Waals surface area contributed by atoms with E-state index in [0.29, 0.717) is 4.90 Å². The van der Waals surface area contributed by atoms with Crippen LogP contribution < -0.4 is 15.0 Å². The van der Waals surface area contributed by atoms with Crippen molar-refractivity contribution in [1.82, 2.24) is 5.32 Å². The quantitative estimate of drug-likeness (QED) is 0.779. The molecule has 94 valence electrons. The van der Waals surface area contributed by atoms with Crippen molar-refractivity contribution in [2.45, 2.75) is 4.90 Å². The van der Waals surface area contributed by atoms with Crippen molar-refractivity contribution in [1.29, 1.82) is 0 Å². The summed E-state index contributed by atoms with van der Waals surface area (Å²) in [6.45, 7) is 3.57. The van der Waals surface area contributed by atoms with Gasteiger partial charge in [-0.1, -0.05) is 0 Å². The van der Waals surface area contributed by atoms with Crippen molar-refractivity contribution in [3.05, 3.63) is 18.2 Å². The Hall–Kier alpha value is -1.11. The molecule has 5 nitrogen and oxygen atoms in total. The number of hydrogen-bond donors (Lipinski definition) is 2. The molecule has 2 N–H and O–H groups in total. The predicted octanol–water partition coefficient (Wildman–Crippen LogP) is 0.685. The fourth-order valence-electron chi connectivity index (χ4n) is 1.93. The molecule has 1 aromatic carbocycles. The fourth-order valence-corrected chi connectivity index (χ4v) is 2.33. The van der Waals surface area contributed by atoms with Gasteiger partial charge < -0.3 is 19.5 Å². The maximum absolute atomic E-state index is 11.1. The van der Waals surface area contributed by atoms with Crippen LogP contribution in [0.2, 0.25) is 0 Å². The normalized spacial score (nSPS) is 17.9. The monoisotopic (exact) mass is 256 g/mol. The van der Waals surface area contributed by atoms with Crippen LogP contribution in [0, 0.1) is 0 Å². The molecule has 1 aliphatic heterocycles. The van der Waals surface area contributed by atoms with Crippen LogP contribution in [0.5, 0.6) is 5.75 Å². The zero-order valence-corrected chi connectivity index (χ0v) is 10.5. The Morgan fingerprint density at radius 3 is 2.71 bits per heavy atom. The van der Waals surface area contributed by atoms with Crippen LogP contribution in [0.3, 0.4) is 0 Å². The molecule has 0 aromatic heterocycles. The minimum atomic E-state index is -1.95. The van der Waals surface area contributed by atoms with E-state index in [-0.39, 0.29) is 0 Å². The summed E-state index contributed by atoms with van der Waals surface area (Å²) in [7, 11) is 1.61. The molecule has 0 bridgehead atoms. The van der Waals surface area contributed by atoms with E-state index in [1.54, 1.807) is 25.3 Å². The molecule has 1 atom stereocenters. The summed E-state index contributed by atoms with van der Waals surface area (Å²) < 4.78 is 25.5. The molecular formula is C11H16N2O3S. The summed E-state index contributed by atoms with van der Waals surface area (Å²) >= 11 is -1.95. The number of ether oxygens (including phenoxy) is 1. The lowest BCUT2D eigenvalue weighted by atomic mass is 10.2. The number of rotatable bonds is 3. The third-order valence-electron chi connectivity index (χ3n) is 2.81. The molecule has 0 aliphatic carbocycles. The standard InChI is InChI=1S/C11H16N2O3S/c1-16-11-3-2-9(17(14)15)8-10(11)13-6-4-12-5-7-13/h2-3,8,12H,4-7H2,1H3,(H,14,15). The van der Waals surface area contributed by atoms with E-state index in [1.807, 2.05) is 0 Å². The third-order valence-corrected chi connectivity index (χ3v) is 3.47. The molecule has 1 heterocycles. The maximum Gasteiger partial charge on any atom is 0.186 e. The van der Waals surface area contributed by atoms with Crippen molar-refractivity contribution < 1.29 is 13.5 Å². The van der Waals surface area contributed by atoms with Gasteiger partial charge in [-0.15, -0.1) is 0 Å². The second-order valence-corrected chi connectivity index (χ2v) is 4.79. The SMILES string of the molecule is COc1ccc(S(=O)O)cc1N1CCNCC1. The van der Waals surface area contributed by atoms with Gasteiger partial charge in [0.25, 0.3) is 0 Å². The molecule has 1 unspecified atom stereocenters. The van der Waals surface area contributed by atoms with Crippen LogP contribution in [0.25, 0.3) is 0 Å². The summed E-state index contributed by atoms with van der Waals surface area (Å²) in [5.74, 6) is 0.737. The first-order chi connectivity index (χ1) is 8.22. The zero-order valence-electron chi connectivity index (χ0n) is 9.68. The molecule has 1 aliphatic rings. The second-order valence-electron chi connectivity index (χ2n) is 3.82. The van der Waals surface area contributed by atoms with Crippen molar-refractivity contribution in [3.63, 3.8) is 0 Å². The van der Waals surface area contributed by atoms with Gasteiger partial charge in [-0.2, -0.15) is 0 Å². The molecule has 0 radical (unpaired) electrons. The highest BCUT2D eigenvalue weighted by Crippen LogP contribution is 2.30. The molecule has 1 fully saturated rings. The molecule has 17 heavy (non-hydrogen) atoms. The van der Waals surface area contributed by atoms with Crippen LogP contribution >= 0.6 is 0 Å². The van der Waals surface area contributed by atoms with E-state index in [2.05, 4.69) is 10.2 Å². The third kappa shape index (κ3) is 2.77. The minimum Gasteiger partial charge on any atom is -0.495 e. The van der Waals surface area contributed by atoms with E-state index < -0.39 is 11.1 Å². The number of methoxy groups -OCH3 is 1. The van der Waals surface area contributed by atoms with Gasteiger partial charge in [0.2, 0.25) is 0 Å². The van der Waals surface area contributed by atoms with Crippen molar-refractivity contribution in [3.8, 4) is 5.75 Å². The van der Waals surface area contributed by atoms with Crippen molar-refractivity contribution in [2.24, 2.45) is 0 Å². The van der Waals surface area contributed by atoms with E-state index >= 15 is 0 Å². The van der Waals surface area contributed by atoms with Crippen LogP contribution in [-0.4, -0.2) is 42.1 Å². The molecule has 0 amide bonds. The van der Waals surface area contributed by atoms with E-state index in [0.717, 1.165) is 37.6 Å². The summed E-state index contributed by atoms with van der Waals surface area (Å²) in [6, 6.07) is 5.07. The van der Waals surface area contributed by atoms with Gasteiger partial charge in [-0.25, -0.2) is 4.21 Å². The van der Waals surface area contributed by atoms with E-state index in [9.17, 15) is 4.21 Å². The largest absolute Gasteiger partial charge is 0.495 e. The molecule has 2 rings (SSSR count). The summed E-state index contributed by atoms with van der Waals surface area (Å²) in [5, 5.41) is 3.27. The van der Waals surface area contributed by atoms with Crippen molar-refractivity contribution in [2.75, 3.05) is 38.2 Å². The number of piperazine rings is 1. The average molecular weight is 256 g/mol. The summed E-state index contributed by atoms with van der Waals surface area (Å²) in [5.41, 5.74) is 0.883. The molecule has 0 spiro atoms. The number of hydrogen-bond acceptors (Lipinski definition) is 4. The Bertz CT molecular complexity index is 419. The maximum atomic E-state index is 11.1. The van der Waals surface area contributed by atoms with Gasteiger partial charge in [0.05, 0.1) is 17.7 Å². The van der Waals surface area contributed by atoms with Crippen LogP contribution in [-0.2, 0) is 11.1 Å². The molecule has 6 heteroatoms. The van der Waals surface area contributed by atoms with Gasteiger partial charge >= 0.3 is 0 Å². The van der Waals surface area contributed by atoms with E-state index in [1.165, 1.54) is 0 Å². The molecular weight excluding hydrogens is 240 g/mol. The number of benzene rings is 1. The molecule has 0 saturated carbocycles. The van der Waals surface area contributed by atoms with Crippen LogP contribution in [0.4, 0.5) is 5.69 Å². The van der Waals surface area contributed by atoms with Gasteiger partial charge in [0, 0.05) is 26.2 Å². The molecule has 1 saturated heterocycles. The summed E-state index contributed by atoms with van der Waals surface area (Å²) in [4.78, 5) is 2.56. The number of anilines is 1. The second kappa shape index (κ2) is 5.48. The fraction of sp³-hybridized carbons (Fsp3) is 0.455. The highest BCUT2D eigenvalue weighted by Gasteiger charge is 2.16. The first kappa shape index (κ1) is 12.3. The highest BCUT2D eigenvalue weighted by molar-refractivity contribution is 7.79. The topological polar surface area (TPSA) is 61.8 Å². The summed E-state index contributed by atoms with van der Waals surface area (Å²) in [6.07, 6.45) is 0. The number of nitrogens with zero attached hydrogens (tertiary/aromatic N) is 1. The van der Waals surface area contributed by atoms with Gasteiger partial charge in [0.15, 0.2) is 11.1 Å². The smallest absolute Gasteiger partial charge is 0.186 e. The average Bonchev–Trinajstić information content (AvgIpc) is 2.39. The van der Waals surface area contributed by atoms with E-state index in [4.69, 9.17) is 9.29 Å². The Kier molecular flexibility index (Phi) is 3.98. The zero-order chi connectivity index (χ0) is 12.3. The lowest BCUT2D eigenvalue weighted by Crippen LogP contribution is -2.43. The Labute approximate surface area is 103 Å². The lowest BCUT2D eigenvalue weighted by Gasteiger charge is -2.30. The van der Waals surface area contributed by atoms with Gasteiger partial charge in [-0.05, 0) is 18.2 Å².